The van der Waals surface area contributed by atoms with Crippen LogP contribution >= 0.6 is 0 Å². The summed E-state index contributed by atoms with van der Waals surface area (Å²) in [6.45, 7) is 4.27. The Hall–Kier alpha value is -2.40. The SMILES string of the molecule is CC[NH+](CC(=O)NCc1ccccc1)Cc1ccc(OC)c(F)c1. The van der Waals surface area contributed by atoms with E-state index in [1.54, 1.807) is 6.07 Å². The molecule has 0 aliphatic heterocycles. The van der Waals surface area contributed by atoms with E-state index in [4.69, 9.17) is 4.74 Å². The highest BCUT2D eigenvalue weighted by Gasteiger charge is 2.14. The standard InChI is InChI=1S/C19H23FN2O2/c1-3-22(13-16-9-10-18(24-2)17(20)11-16)14-19(23)21-12-15-7-5-4-6-8-15/h4-11H,3,12-14H2,1-2H3,(H,21,23)/p+1. The van der Waals surface area contributed by atoms with Crippen molar-refractivity contribution in [2.45, 2.75) is 20.0 Å². The molecule has 2 aromatic carbocycles. The monoisotopic (exact) mass is 331 g/mol. The Balaban J connectivity index is 1.87. The maximum absolute atomic E-state index is 13.8. The highest BCUT2D eigenvalue weighted by Crippen LogP contribution is 2.17. The van der Waals surface area contributed by atoms with Crippen molar-refractivity contribution in [3.05, 3.63) is 65.5 Å². The van der Waals surface area contributed by atoms with Gasteiger partial charge >= 0.3 is 0 Å². The molecule has 0 bridgehead atoms. The molecular weight excluding hydrogens is 307 g/mol. The van der Waals surface area contributed by atoms with Gasteiger partial charge in [0.2, 0.25) is 0 Å². The molecule has 0 aliphatic rings. The highest BCUT2D eigenvalue weighted by atomic mass is 19.1. The van der Waals surface area contributed by atoms with E-state index in [9.17, 15) is 9.18 Å². The molecule has 0 aliphatic carbocycles. The third-order valence-corrected chi connectivity index (χ3v) is 3.91. The van der Waals surface area contributed by atoms with Crippen molar-refractivity contribution >= 4 is 5.91 Å². The normalized spacial score (nSPS) is 11.8. The molecule has 0 aromatic heterocycles. The van der Waals surface area contributed by atoms with Gasteiger partial charge in [0, 0.05) is 12.1 Å². The van der Waals surface area contributed by atoms with Gasteiger partial charge in [0.25, 0.3) is 5.91 Å². The van der Waals surface area contributed by atoms with Gasteiger partial charge in [-0.3, -0.25) is 4.79 Å². The number of ether oxygens (including phenoxy) is 1. The molecular formula is C19H24FN2O2+. The van der Waals surface area contributed by atoms with Gasteiger partial charge in [0.15, 0.2) is 18.1 Å². The van der Waals surface area contributed by atoms with Crippen LogP contribution in [0.5, 0.6) is 5.75 Å². The molecule has 2 N–H and O–H groups in total. The van der Waals surface area contributed by atoms with Crippen LogP contribution in [0.15, 0.2) is 48.5 Å². The van der Waals surface area contributed by atoms with Crippen molar-refractivity contribution in [2.75, 3.05) is 20.2 Å². The second-order valence-electron chi connectivity index (χ2n) is 5.69. The van der Waals surface area contributed by atoms with Crippen LogP contribution in [-0.4, -0.2) is 26.1 Å². The molecule has 1 unspecified atom stereocenters. The van der Waals surface area contributed by atoms with Gasteiger partial charge in [-0.15, -0.1) is 0 Å². The largest absolute Gasteiger partial charge is 0.494 e. The van der Waals surface area contributed by atoms with E-state index in [1.807, 2.05) is 43.3 Å². The van der Waals surface area contributed by atoms with Crippen LogP contribution in [0.4, 0.5) is 4.39 Å². The quantitative estimate of drug-likeness (QED) is 0.771. The van der Waals surface area contributed by atoms with Gasteiger partial charge in [0.1, 0.15) is 6.54 Å². The second-order valence-corrected chi connectivity index (χ2v) is 5.69. The molecule has 128 valence electrons. The molecule has 0 fully saturated rings. The van der Waals surface area contributed by atoms with Crippen molar-refractivity contribution in [1.82, 2.24) is 5.32 Å². The van der Waals surface area contributed by atoms with Gasteiger partial charge in [-0.05, 0) is 30.7 Å². The number of amides is 1. The number of carbonyl (C=O) groups is 1. The van der Waals surface area contributed by atoms with Crippen LogP contribution < -0.4 is 15.0 Å². The smallest absolute Gasteiger partial charge is 0.275 e. The molecule has 0 spiro atoms. The lowest BCUT2D eigenvalue weighted by Gasteiger charge is -2.17. The van der Waals surface area contributed by atoms with Crippen molar-refractivity contribution in [3.63, 3.8) is 0 Å². The molecule has 5 heteroatoms. The predicted octanol–water partition coefficient (Wildman–Crippen LogP) is 1.56. The minimum Gasteiger partial charge on any atom is -0.494 e. The fourth-order valence-electron chi connectivity index (χ4n) is 2.51. The number of methoxy groups -OCH3 is 1. The minimum atomic E-state index is -0.376. The summed E-state index contributed by atoms with van der Waals surface area (Å²) in [5, 5.41) is 2.93. The number of nitrogens with one attached hydrogen (secondary N) is 2. The number of hydrogen-bond donors (Lipinski definition) is 2. The first-order valence-corrected chi connectivity index (χ1v) is 8.09. The van der Waals surface area contributed by atoms with E-state index in [0.29, 0.717) is 19.6 Å². The molecule has 1 amide bonds. The number of benzene rings is 2. The summed E-state index contributed by atoms with van der Waals surface area (Å²) in [4.78, 5) is 13.2. The van der Waals surface area contributed by atoms with E-state index in [-0.39, 0.29) is 17.5 Å². The van der Waals surface area contributed by atoms with Gasteiger partial charge in [-0.2, -0.15) is 0 Å². The molecule has 2 rings (SSSR count). The van der Waals surface area contributed by atoms with Crippen LogP contribution in [0.3, 0.4) is 0 Å². The molecule has 4 nitrogen and oxygen atoms in total. The van der Waals surface area contributed by atoms with Crippen LogP contribution in [-0.2, 0) is 17.9 Å². The van der Waals surface area contributed by atoms with Crippen molar-refractivity contribution in [1.29, 1.82) is 0 Å². The fourth-order valence-corrected chi connectivity index (χ4v) is 2.51. The Morgan fingerprint density at radius 2 is 1.92 bits per heavy atom. The molecule has 1 atom stereocenters. The summed E-state index contributed by atoms with van der Waals surface area (Å²) >= 11 is 0. The summed E-state index contributed by atoms with van der Waals surface area (Å²) in [6.07, 6.45) is 0. The van der Waals surface area contributed by atoms with Crippen LogP contribution in [0.1, 0.15) is 18.1 Å². The molecule has 0 heterocycles. The molecule has 0 saturated heterocycles. The van der Waals surface area contributed by atoms with Crippen molar-refractivity contribution < 1.29 is 18.8 Å². The average molecular weight is 331 g/mol. The fraction of sp³-hybridized carbons (Fsp3) is 0.316. The third-order valence-electron chi connectivity index (χ3n) is 3.91. The number of halogens is 1. The van der Waals surface area contributed by atoms with Gasteiger partial charge in [-0.1, -0.05) is 30.3 Å². The highest BCUT2D eigenvalue weighted by molar-refractivity contribution is 5.76. The summed E-state index contributed by atoms with van der Waals surface area (Å²) in [7, 11) is 1.44. The Bertz CT molecular complexity index is 662. The van der Waals surface area contributed by atoms with Crippen LogP contribution in [0.2, 0.25) is 0 Å². The lowest BCUT2D eigenvalue weighted by atomic mass is 10.2. The number of rotatable bonds is 8. The number of quaternary nitrogens is 1. The maximum Gasteiger partial charge on any atom is 0.275 e. The van der Waals surface area contributed by atoms with E-state index >= 15 is 0 Å². The van der Waals surface area contributed by atoms with Crippen LogP contribution in [0.25, 0.3) is 0 Å². The van der Waals surface area contributed by atoms with E-state index < -0.39 is 0 Å². The Morgan fingerprint density at radius 1 is 1.17 bits per heavy atom. The first-order valence-electron chi connectivity index (χ1n) is 8.09. The number of carbonyl (C=O) groups excluding carboxylic acids is 1. The zero-order valence-corrected chi connectivity index (χ0v) is 14.1. The van der Waals surface area contributed by atoms with Crippen molar-refractivity contribution in [2.24, 2.45) is 0 Å². The maximum atomic E-state index is 13.8. The lowest BCUT2D eigenvalue weighted by molar-refractivity contribution is -0.904. The average Bonchev–Trinajstić information content (AvgIpc) is 2.60. The van der Waals surface area contributed by atoms with Gasteiger partial charge in [0.05, 0.1) is 13.7 Å². The number of hydrogen-bond acceptors (Lipinski definition) is 2. The first kappa shape index (κ1) is 17.9. The molecule has 0 saturated carbocycles. The summed E-state index contributed by atoms with van der Waals surface area (Å²) in [5.41, 5.74) is 1.92. The zero-order valence-electron chi connectivity index (χ0n) is 14.1. The Morgan fingerprint density at radius 3 is 2.54 bits per heavy atom. The zero-order chi connectivity index (χ0) is 17.4. The lowest BCUT2D eigenvalue weighted by Crippen LogP contribution is -3.11. The van der Waals surface area contributed by atoms with Crippen LogP contribution in [0, 0.1) is 5.82 Å². The topological polar surface area (TPSA) is 42.8 Å². The summed E-state index contributed by atoms with van der Waals surface area (Å²) in [5.74, 6) is -0.152. The number of likely N-dealkylation sites (N-methyl/N-ethyl adjacent to an activating group) is 1. The van der Waals surface area contributed by atoms with Gasteiger partial charge < -0.3 is 15.0 Å². The molecule has 0 radical (unpaired) electrons. The second kappa shape index (κ2) is 9.03. The first-order chi connectivity index (χ1) is 11.6. The summed E-state index contributed by atoms with van der Waals surface area (Å²) in [6, 6.07) is 14.7. The van der Waals surface area contributed by atoms with E-state index in [2.05, 4.69) is 5.32 Å². The molecule has 2 aromatic rings. The van der Waals surface area contributed by atoms with Gasteiger partial charge in [-0.25, -0.2) is 4.39 Å². The third kappa shape index (κ3) is 5.35. The van der Waals surface area contributed by atoms with Crippen molar-refractivity contribution in [3.8, 4) is 5.75 Å². The van der Waals surface area contributed by atoms with E-state index in [0.717, 1.165) is 22.6 Å². The Kier molecular flexibility index (Phi) is 6.75. The summed E-state index contributed by atoms with van der Waals surface area (Å²) < 4.78 is 18.7. The molecule has 24 heavy (non-hydrogen) atoms. The predicted molar refractivity (Wildman–Crippen MR) is 91.3 cm³/mol. The minimum absolute atomic E-state index is 0.00955. The Labute approximate surface area is 142 Å². The van der Waals surface area contributed by atoms with E-state index in [1.165, 1.54) is 13.2 Å².